The van der Waals surface area contributed by atoms with E-state index in [0.29, 0.717) is 31.9 Å². The Kier molecular flexibility index (Phi) is 5.60. The molecule has 31 heavy (non-hydrogen) atoms. The minimum Gasteiger partial charge on any atom is -0.353 e. The van der Waals surface area contributed by atoms with Crippen molar-refractivity contribution in [3.63, 3.8) is 0 Å². The quantitative estimate of drug-likeness (QED) is 0.567. The largest absolute Gasteiger partial charge is 0.353 e. The van der Waals surface area contributed by atoms with Gasteiger partial charge in [0.2, 0.25) is 15.9 Å². The number of carbonyl (C=O) groups is 1. The standard InChI is InChI=1S/C19H24N8O3S/c1-13(19(28)24-14-4-3-5-15(10-14)31(20,29)30)26-6-8-27(9-7-26)18-16-11-23-25(2)17(16)21-12-22-18/h3-5,10-13H,6-9H2,1-2H3,(H,24,28)(H2,20,29,30). The lowest BCUT2D eigenvalue weighted by Gasteiger charge is -2.38. The van der Waals surface area contributed by atoms with Crippen LogP contribution in [0.3, 0.4) is 0 Å². The number of primary sulfonamides is 1. The van der Waals surface area contributed by atoms with Crippen molar-refractivity contribution in [1.29, 1.82) is 0 Å². The maximum Gasteiger partial charge on any atom is 0.241 e. The van der Waals surface area contributed by atoms with Crippen LogP contribution in [0.2, 0.25) is 0 Å². The number of nitrogens with one attached hydrogen (secondary N) is 1. The number of aromatic nitrogens is 4. The van der Waals surface area contributed by atoms with Crippen LogP contribution in [-0.4, -0.2) is 71.2 Å². The highest BCUT2D eigenvalue weighted by molar-refractivity contribution is 7.89. The van der Waals surface area contributed by atoms with Gasteiger partial charge in [-0.05, 0) is 25.1 Å². The number of hydrogen-bond donors (Lipinski definition) is 2. The first-order chi connectivity index (χ1) is 14.7. The summed E-state index contributed by atoms with van der Waals surface area (Å²) >= 11 is 0. The molecule has 3 aromatic rings. The molecule has 3 N–H and O–H groups in total. The molecule has 12 heteroatoms. The van der Waals surface area contributed by atoms with Gasteiger partial charge in [-0.15, -0.1) is 0 Å². The Morgan fingerprint density at radius 2 is 1.94 bits per heavy atom. The van der Waals surface area contributed by atoms with E-state index in [1.165, 1.54) is 18.5 Å². The molecule has 0 spiro atoms. The first-order valence-corrected chi connectivity index (χ1v) is 11.3. The second-order valence-corrected chi connectivity index (χ2v) is 9.03. The highest BCUT2D eigenvalue weighted by Gasteiger charge is 2.27. The molecule has 0 aliphatic carbocycles. The van der Waals surface area contributed by atoms with Crippen molar-refractivity contribution in [1.82, 2.24) is 24.6 Å². The van der Waals surface area contributed by atoms with Gasteiger partial charge in [-0.3, -0.25) is 14.4 Å². The zero-order valence-electron chi connectivity index (χ0n) is 17.3. The van der Waals surface area contributed by atoms with Gasteiger partial charge in [0.25, 0.3) is 0 Å². The van der Waals surface area contributed by atoms with Crippen LogP contribution in [0.1, 0.15) is 6.92 Å². The molecule has 1 aliphatic heterocycles. The number of nitrogens with two attached hydrogens (primary N) is 1. The number of piperazine rings is 1. The van der Waals surface area contributed by atoms with Crippen LogP contribution in [0.5, 0.6) is 0 Å². The average molecular weight is 445 g/mol. The van der Waals surface area contributed by atoms with Crippen LogP contribution in [-0.2, 0) is 21.9 Å². The van der Waals surface area contributed by atoms with E-state index < -0.39 is 10.0 Å². The number of carbonyl (C=O) groups excluding carboxylic acids is 1. The van der Waals surface area contributed by atoms with Crippen LogP contribution in [0, 0.1) is 0 Å². The number of sulfonamides is 1. The molecule has 4 rings (SSSR count). The summed E-state index contributed by atoms with van der Waals surface area (Å²) in [6, 6.07) is 5.53. The molecule has 164 valence electrons. The van der Waals surface area contributed by atoms with E-state index in [9.17, 15) is 13.2 Å². The second kappa shape index (κ2) is 8.21. The monoisotopic (exact) mass is 444 g/mol. The minimum atomic E-state index is -3.83. The normalized spacial score (nSPS) is 16.4. The molecule has 11 nitrogen and oxygen atoms in total. The van der Waals surface area contributed by atoms with Gasteiger partial charge in [0, 0.05) is 38.9 Å². The summed E-state index contributed by atoms with van der Waals surface area (Å²) in [5, 5.41) is 13.1. The predicted molar refractivity (Wildman–Crippen MR) is 116 cm³/mol. The van der Waals surface area contributed by atoms with Crippen molar-refractivity contribution in [3.05, 3.63) is 36.8 Å². The van der Waals surface area contributed by atoms with Crippen LogP contribution in [0.25, 0.3) is 11.0 Å². The maximum absolute atomic E-state index is 12.7. The van der Waals surface area contributed by atoms with Crippen molar-refractivity contribution < 1.29 is 13.2 Å². The van der Waals surface area contributed by atoms with Gasteiger partial charge in [-0.25, -0.2) is 23.5 Å². The lowest BCUT2D eigenvalue weighted by atomic mass is 10.2. The number of anilines is 2. The maximum atomic E-state index is 12.7. The summed E-state index contributed by atoms with van der Waals surface area (Å²) in [6.07, 6.45) is 3.31. The van der Waals surface area contributed by atoms with Gasteiger partial charge in [-0.2, -0.15) is 5.10 Å². The zero-order chi connectivity index (χ0) is 22.2. The number of benzene rings is 1. The zero-order valence-corrected chi connectivity index (χ0v) is 18.1. The minimum absolute atomic E-state index is 0.0434. The number of hydrogen-bond acceptors (Lipinski definition) is 8. The van der Waals surface area contributed by atoms with Crippen molar-refractivity contribution in [2.45, 2.75) is 17.9 Å². The summed E-state index contributed by atoms with van der Waals surface area (Å²) in [4.78, 5) is 25.6. The summed E-state index contributed by atoms with van der Waals surface area (Å²) in [5.74, 6) is 0.631. The average Bonchev–Trinajstić information content (AvgIpc) is 3.14. The molecule has 1 saturated heterocycles. The number of amides is 1. The predicted octanol–water partition coefficient (Wildman–Crippen LogP) is 0.160. The number of aryl methyl sites for hydroxylation is 1. The Labute approximate surface area is 179 Å². The van der Waals surface area contributed by atoms with Gasteiger partial charge in [0.15, 0.2) is 5.65 Å². The van der Waals surface area contributed by atoms with E-state index in [-0.39, 0.29) is 16.8 Å². The molecular formula is C19H24N8O3S. The van der Waals surface area contributed by atoms with E-state index in [1.54, 1.807) is 23.0 Å². The summed E-state index contributed by atoms with van der Waals surface area (Å²) < 4.78 is 24.8. The van der Waals surface area contributed by atoms with E-state index >= 15 is 0 Å². The topological polar surface area (TPSA) is 139 Å². The van der Waals surface area contributed by atoms with E-state index in [4.69, 9.17) is 5.14 Å². The molecule has 1 aromatic carbocycles. The smallest absolute Gasteiger partial charge is 0.241 e. The van der Waals surface area contributed by atoms with Gasteiger partial charge in [0.05, 0.1) is 22.5 Å². The van der Waals surface area contributed by atoms with E-state index in [0.717, 1.165) is 16.9 Å². The third-order valence-corrected chi connectivity index (χ3v) is 6.39. The van der Waals surface area contributed by atoms with Gasteiger partial charge >= 0.3 is 0 Å². The Morgan fingerprint density at radius 3 is 2.65 bits per heavy atom. The number of rotatable bonds is 5. The van der Waals surface area contributed by atoms with Crippen molar-refractivity contribution in [2.75, 3.05) is 36.4 Å². The van der Waals surface area contributed by atoms with Crippen LogP contribution >= 0.6 is 0 Å². The number of nitrogens with zero attached hydrogens (tertiary/aromatic N) is 6. The molecule has 1 unspecified atom stereocenters. The molecule has 1 amide bonds. The van der Waals surface area contributed by atoms with Crippen LogP contribution in [0.15, 0.2) is 41.7 Å². The number of fused-ring (bicyclic) bond motifs is 1. The summed E-state index contributed by atoms with van der Waals surface area (Å²) in [5.41, 5.74) is 1.17. The van der Waals surface area contributed by atoms with Gasteiger partial charge in [0.1, 0.15) is 12.1 Å². The van der Waals surface area contributed by atoms with Gasteiger partial charge in [-0.1, -0.05) is 6.07 Å². The highest BCUT2D eigenvalue weighted by Crippen LogP contribution is 2.23. The molecule has 1 atom stereocenters. The molecule has 0 radical (unpaired) electrons. The van der Waals surface area contributed by atoms with Crippen molar-refractivity contribution in [3.8, 4) is 0 Å². The first-order valence-electron chi connectivity index (χ1n) is 9.79. The van der Waals surface area contributed by atoms with E-state index in [2.05, 4.69) is 30.2 Å². The molecule has 0 saturated carbocycles. The fourth-order valence-electron chi connectivity index (χ4n) is 3.69. The Morgan fingerprint density at radius 1 is 1.19 bits per heavy atom. The Bertz CT molecular complexity index is 1220. The summed E-state index contributed by atoms with van der Waals surface area (Å²) in [6.45, 7) is 4.60. The summed E-state index contributed by atoms with van der Waals surface area (Å²) in [7, 11) is -1.99. The third-order valence-electron chi connectivity index (χ3n) is 5.48. The van der Waals surface area contributed by atoms with Crippen molar-refractivity contribution in [2.24, 2.45) is 12.2 Å². The first kappa shape index (κ1) is 21.2. The third kappa shape index (κ3) is 4.36. The van der Waals surface area contributed by atoms with Crippen LogP contribution < -0.4 is 15.4 Å². The van der Waals surface area contributed by atoms with Crippen LogP contribution in [0.4, 0.5) is 11.5 Å². The molecule has 1 aliphatic rings. The Hall–Kier alpha value is -3.09. The highest BCUT2D eigenvalue weighted by atomic mass is 32.2. The van der Waals surface area contributed by atoms with E-state index in [1.807, 2.05) is 14.0 Å². The fourth-order valence-corrected chi connectivity index (χ4v) is 4.25. The molecule has 2 aromatic heterocycles. The molecule has 1 fully saturated rings. The van der Waals surface area contributed by atoms with Gasteiger partial charge < -0.3 is 10.2 Å². The molecular weight excluding hydrogens is 420 g/mol. The van der Waals surface area contributed by atoms with Crippen molar-refractivity contribution >= 4 is 38.5 Å². The molecule has 0 bridgehead atoms. The molecule has 3 heterocycles. The SMILES string of the molecule is CC(C(=O)Nc1cccc(S(N)(=O)=O)c1)N1CCN(c2ncnc3c2cnn3C)CC1. The lowest BCUT2D eigenvalue weighted by Crippen LogP contribution is -2.53. The second-order valence-electron chi connectivity index (χ2n) is 7.46. The Balaban J connectivity index is 1.40. The fraction of sp³-hybridized carbons (Fsp3) is 0.368. The lowest BCUT2D eigenvalue weighted by molar-refractivity contribution is -0.120.